The number of aliphatic hydroxyl groups is 1. The average Bonchev–Trinajstić information content (AvgIpc) is 3.64. The summed E-state index contributed by atoms with van der Waals surface area (Å²) in [6.07, 6.45) is 3.58. The summed E-state index contributed by atoms with van der Waals surface area (Å²) in [6, 6.07) is 12.9. The van der Waals surface area contributed by atoms with Crippen molar-refractivity contribution in [3.05, 3.63) is 65.0 Å². The molecule has 0 radical (unpaired) electrons. The van der Waals surface area contributed by atoms with Gasteiger partial charge in [0, 0.05) is 43.6 Å². The van der Waals surface area contributed by atoms with Crippen LogP contribution in [-0.2, 0) is 28.3 Å². The van der Waals surface area contributed by atoms with E-state index < -0.39 is 15.6 Å². The second-order valence-corrected chi connectivity index (χ2v) is 12.6. The molecule has 3 fully saturated rings. The molecule has 2 atom stereocenters. The SMILES string of the molecule is CCC1(c2cc(NS(=O)(=O)C3CC3)ccc2F)C2CN(CC3(O)Cc4ccccc4C3)CC21. The summed E-state index contributed by atoms with van der Waals surface area (Å²) in [6.45, 7) is 4.42. The molecule has 0 aromatic heterocycles. The van der Waals surface area contributed by atoms with Gasteiger partial charge in [-0.3, -0.25) is 9.62 Å². The number of anilines is 1. The van der Waals surface area contributed by atoms with Gasteiger partial charge in [-0.25, -0.2) is 12.8 Å². The lowest BCUT2D eigenvalue weighted by atomic mass is 9.86. The molecule has 0 amide bonds. The van der Waals surface area contributed by atoms with Crippen molar-refractivity contribution in [3.63, 3.8) is 0 Å². The largest absolute Gasteiger partial charge is 0.388 e. The lowest BCUT2D eigenvalue weighted by Crippen LogP contribution is -2.45. The maximum atomic E-state index is 15.0. The lowest BCUT2D eigenvalue weighted by molar-refractivity contribution is 0.0138. The maximum absolute atomic E-state index is 15.0. The summed E-state index contributed by atoms with van der Waals surface area (Å²) in [7, 11) is -3.38. The van der Waals surface area contributed by atoms with Crippen molar-refractivity contribution in [1.29, 1.82) is 0 Å². The van der Waals surface area contributed by atoms with Gasteiger partial charge in [-0.15, -0.1) is 0 Å². The molecule has 6 rings (SSSR count). The molecule has 2 aromatic rings. The number of hydrogen-bond donors (Lipinski definition) is 2. The average molecular weight is 471 g/mol. The van der Waals surface area contributed by atoms with Crippen LogP contribution in [0.1, 0.15) is 42.9 Å². The fourth-order valence-electron chi connectivity index (χ4n) is 6.83. The van der Waals surface area contributed by atoms with Gasteiger partial charge in [0.15, 0.2) is 0 Å². The third kappa shape index (κ3) is 3.51. The standard InChI is InChI=1S/C26H31FN2O3S/c1-2-26(21-11-19(7-10-24(21)27)28-33(31,32)20-8-9-20)22-14-29(15-23(22)26)16-25(30)12-17-5-3-4-6-18(17)13-25/h3-7,10-11,20,22-23,28,30H,2,8-9,12-16H2,1H3. The number of fused-ring (bicyclic) bond motifs is 2. The molecule has 33 heavy (non-hydrogen) atoms. The van der Waals surface area contributed by atoms with E-state index in [9.17, 15) is 13.5 Å². The first-order valence-electron chi connectivity index (χ1n) is 12.1. The zero-order chi connectivity index (χ0) is 23.0. The zero-order valence-corrected chi connectivity index (χ0v) is 19.7. The maximum Gasteiger partial charge on any atom is 0.235 e. The number of nitrogens with zero attached hydrogens (tertiary/aromatic N) is 1. The van der Waals surface area contributed by atoms with Crippen LogP contribution in [0, 0.1) is 17.7 Å². The van der Waals surface area contributed by atoms with Crippen molar-refractivity contribution >= 4 is 15.7 Å². The lowest BCUT2D eigenvalue weighted by Gasteiger charge is -2.32. The molecule has 2 unspecified atom stereocenters. The summed E-state index contributed by atoms with van der Waals surface area (Å²) >= 11 is 0. The summed E-state index contributed by atoms with van der Waals surface area (Å²) in [4.78, 5) is 2.34. The molecule has 3 aliphatic carbocycles. The molecule has 176 valence electrons. The molecule has 7 heteroatoms. The summed E-state index contributed by atoms with van der Waals surface area (Å²) in [5.74, 6) is 0.413. The number of sulfonamides is 1. The van der Waals surface area contributed by atoms with E-state index in [4.69, 9.17) is 0 Å². The normalized spacial score (nSPS) is 30.2. The van der Waals surface area contributed by atoms with Crippen molar-refractivity contribution in [2.75, 3.05) is 24.4 Å². The van der Waals surface area contributed by atoms with Crippen molar-refractivity contribution in [2.45, 2.75) is 55.3 Å². The monoisotopic (exact) mass is 470 g/mol. The Labute approximate surface area is 195 Å². The Bertz CT molecular complexity index is 1170. The highest BCUT2D eigenvalue weighted by atomic mass is 32.2. The predicted molar refractivity (Wildman–Crippen MR) is 126 cm³/mol. The van der Waals surface area contributed by atoms with E-state index in [0.717, 1.165) is 19.5 Å². The number of likely N-dealkylation sites (tertiary alicyclic amines) is 1. The molecule has 2 N–H and O–H groups in total. The van der Waals surface area contributed by atoms with Crippen LogP contribution in [0.5, 0.6) is 0 Å². The van der Waals surface area contributed by atoms with Gasteiger partial charge in [0.05, 0.1) is 10.9 Å². The van der Waals surface area contributed by atoms with Crippen LogP contribution in [0.15, 0.2) is 42.5 Å². The van der Waals surface area contributed by atoms with Gasteiger partial charge in [0.2, 0.25) is 10.0 Å². The highest BCUT2D eigenvalue weighted by Crippen LogP contribution is 2.66. The van der Waals surface area contributed by atoms with Crippen LogP contribution >= 0.6 is 0 Å². The number of halogens is 1. The van der Waals surface area contributed by atoms with Gasteiger partial charge in [-0.05, 0) is 66.0 Å². The summed E-state index contributed by atoms with van der Waals surface area (Å²) in [5.41, 5.74) is 2.60. The van der Waals surface area contributed by atoms with Crippen LogP contribution in [0.3, 0.4) is 0 Å². The Morgan fingerprint density at radius 3 is 2.30 bits per heavy atom. The first kappa shape index (κ1) is 21.6. The van der Waals surface area contributed by atoms with Crippen molar-refractivity contribution < 1.29 is 17.9 Å². The predicted octanol–water partition coefficient (Wildman–Crippen LogP) is 3.47. The number of rotatable bonds is 7. The fourth-order valence-corrected chi connectivity index (χ4v) is 8.21. The third-order valence-corrected chi connectivity index (χ3v) is 10.4. The molecule has 4 aliphatic rings. The number of hydrogen-bond acceptors (Lipinski definition) is 4. The van der Waals surface area contributed by atoms with Gasteiger partial charge in [-0.1, -0.05) is 31.2 Å². The molecule has 2 saturated carbocycles. The smallest absolute Gasteiger partial charge is 0.235 e. The minimum Gasteiger partial charge on any atom is -0.388 e. The van der Waals surface area contributed by atoms with Crippen molar-refractivity contribution in [3.8, 4) is 0 Å². The van der Waals surface area contributed by atoms with Gasteiger partial charge >= 0.3 is 0 Å². The van der Waals surface area contributed by atoms with Gasteiger partial charge in [-0.2, -0.15) is 0 Å². The minimum absolute atomic E-state index is 0.247. The summed E-state index contributed by atoms with van der Waals surface area (Å²) in [5, 5.41) is 10.9. The van der Waals surface area contributed by atoms with Gasteiger partial charge in [0.25, 0.3) is 0 Å². The highest BCUT2D eigenvalue weighted by Gasteiger charge is 2.68. The first-order chi connectivity index (χ1) is 15.7. The Balaban J connectivity index is 1.17. The van der Waals surface area contributed by atoms with E-state index in [1.54, 1.807) is 6.07 Å². The van der Waals surface area contributed by atoms with E-state index in [2.05, 4.69) is 28.7 Å². The number of benzene rings is 2. The van der Waals surface area contributed by atoms with Crippen LogP contribution in [-0.4, -0.2) is 48.9 Å². The minimum atomic E-state index is -3.38. The van der Waals surface area contributed by atoms with Gasteiger partial charge in [0.1, 0.15) is 5.82 Å². The summed E-state index contributed by atoms with van der Waals surface area (Å²) < 4.78 is 42.4. The molecular formula is C26H31FN2O3S. The third-order valence-electron chi connectivity index (χ3n) is 8.56. The molecule has 0 bridgehead atoms. The fraction of sp³-hybridized carbons (Fsp3) is 0.538. The molecule has 1 heterocycles. The Morgan fingerprint density at radius 1 is 1.09 bits per heavy atom. The van der Waals surface area contributed by atoms with E-state index in [1.807, 2.05) is 12.1 Å². The Kier molecular flexibility index (Phi) is 4.75. The van der Waals surface area contributed by atoms with E-state index in [1.165, 1.54) is 23.3 Å². The van der Waals surface area contributed by atoms with E-state index in [0.29, 0.717) is 55.3 Å². The van der Waals surface area contributed by atoms with Crippen LogP contribution < -0.4 is 4.72 Å². The second kappa shape index (κ2) is 7.27. The number of β-amino-alcohol motifs (C(OH)–C–C–N with tert-alkyl or cyclic N) is 1. The topological polar surface area (TPSA) is 69.6 Å². The zero-order valence-electron chi connectivity index (χ0n) is 18.9. The van der Waals surface area contributed by atoms with Gasteiger partial charge < -0.3 is 5.11 Å². The molecular weight excluding hydrogens is 439 g/mol. The molecule has 1 aliphatic heterocycles. The second-order valence-electron chi connectivity index (χ2n) is 10.7. The van der Waals surface area contributed by atoms with E-state index >= 15 is 4.39 Å². The molecule has 0 spiro atoms. The Hall–Kier alpha value is -1.96. The van der Waals surface area contributed by atoms with Crippen molar-refractivity contribution in [2.24, 2.45) is 11.8 Å². The van der Waals surface area contributed by atoms with Crippen molar-refractivity contribution in [1.82, 2.24) is 4.90 Å². The first-order valence-corrected chi connectivity index (χ1v) is 13.6. The number of piperidine rings is 1. The molecule has 5 nitrogen and oxygen atoms in total. The van der Waals surface area contributed by atoms with Crippen LogP contribution in [0.4, 0.5) is 10.1 Å². The Morgan fingerprint density at radius 2 is 1.73 bits per heavy atom. The molecule has 2 aromatic carbocycles. The molecule has 1 saturated heterocycles. The van der Waals surface area contributed by atoms with E-state index in [-0.39, 0.29) is 16.5 Å². The number of nitrogens with one attached hydrogen (secondary N) is 1. The van der Waals surface area contributed by atoms with Crippen LogP contribution in [0.25, 0.3) is 0 Å². The highest BCUT2D eigenvalue weighted by molar-refractivity contribution is 7.93. The van der Waals surface area contributed by atoms with Crippen LogP contribution in [0.2, 0.25) is 0 Å². The quantitative estimate of drug-likeness (QED) is 0.650.